The number of imidazole rings is 2. The number of amides is 3. The van der Waals surface area contributed by atoms with Crippen LogP contribution < -0.4 is 5.32 Å². The van der Waals surface area contributed by atoms with E-state index in [9.17, 15) is 14.4 Å². The van der Waals surface area contributed by atoms with Crippen LogP contribution in [0.15, 0.2) is 18.2 Å². The van der Waals surface area contributed by atoms with Gasteiger partial charge in [-0.2, -0.15) is 0 Å². The third-order valence-electron chi connectivity index (χ3n) is 10.6. The minimum atomic E-state index is -0.752. The number of likely N-dealkylation sites (tertiary alicyclic amines) is 2. The molecule has 0 spiro atoms. The fraction of sp³-hybridized carbons (Fsp3) is 0.649. The molecule has 0 aliphatic carbocycles. The number of H-pyrrole nitrogens is 2. The number of ether oxygens (including phenoxy) is 3. The van der Waals surface area contributed by atoms with Crippen LogP contribution in [0.4, 0.5) is 4.79 Å². The van der Waals surface area contributed by atoms with Crippen LogP contribution >= 0.6 is 0 Å². The summed E-state index contributed by atoms with van der Waals surface area (Å²) in [5, 5.41) is 2.73. The lowest BCUT2D eigenvalue weighted by Crippen LogP contribution is -2.51. The molecule has 5 heterocycles. The Labute approximate surface area is 294 Å². The Morgan fingerprint density at radius 3 is 2.50 bits per heavy atom. The van der Waals surface area contributed by atoms with E-state index in [1.807, 2.05) is 25.7 Å². The highest BCUT2D eigenvalue weighted by atomic mass is 16.5. The Kier molecular flexibility index (Phi) is 11.1. The number of aromatic nitrogens is 4. The summed E-state index contributed by atoms with van der Waals surface area (Å²) in [5.74, 6) is 1.62. The predicted molar refractivity (Wildman–Crippen MR) is 187 cm³/mol. The first-order valence-corrected chi connectivity index (χ1v) is 18.2. The smallest absolute Gasteiger partial charge is 0.407 e. The molecule has 3 aliphatic rings. The van der Waals surface area contributed by atoms with Crippen molar-refractivity contribution >= 4 is 28.9 Å². The molecule has 4 bridgehead atoms. The zero-order valence-corrected chi connectivity index (χ0v) is 30.3. The third-order valence-corrected chi connectivity index (χ3v) is 10.6. The molecule has 13 heteroatoms. The lowest BCUT2D eigenvalue weighted by atomic mass is 9.96. The molecule has 0 saturated carbocycles. The first-order valence-electron chi connectivity index (χ1n) is 18.2. The summed E-state index contributed by atoms with van der Waals surface area (Å²) in [5.41, 5.74) is 4.59. The van der Waals surface area contributed by atoms with Crippen LogP contribution in [0.2, 0.25) is 0 Å². The molecule has 3 amide bonds. The minimum Gasteiger partial charge on any atom is -0.453 e. The number of nitrogens with zero attached hydrogens (tertiary/aromatic N) is 4. The Balaban J connectivity index is 1.26. The summed E-state index contributed by atoms with van der Waals surface area (Å²) in [6, 6.07) is 5.09. The van der Waals surface area contributed by atoms with Gasteiger partial charge >= 0.3 is 6.09 Å². The highest BCUT2D eigenvalue weighted by molar-refractivity contribution is 5.86. The van der Waals surface area contributed by atoms with Gasteiger partial charge in [-0.25, -0.2) is 14.8 Å². The van der Waals surface area contributed by atoms with Crippen LogP contribution in [-0.4, -0.2) is 93.2 Å². The highest BCUT2D eigenvalue weighted by Gasteiger charge is 2.42. The van der Waals surface area contributed by atoms with Crippen molar-refractivity contribution in [2.75, 3.05) is 33.4 Å². The van der Waals surface area contributed by atoms with Gasteiger partial charge in [0.1, 0.15) is 17.7 Å². The Morgan fingerprint density at radius 1 is 0.960 bits per heavy atom. The third kappa shape index (κ3) is 7.68. The number of carbonyl (C=O) groups excluding carboxylic acids is 3. The SMILES string of the molecule is COC(=O)N[C@H](C(=O)N1C[C@@H]2C[C@H]1c1nc(c(Cc3ccc4[nH]c([C@@H]5CCCN5C(=O)[C@@H](C)C(C)C)nc4c3)[nH]1)COCCCCO2)C(C)C. The fourth-order valence-electron chi connectivity index (χ4n) is 7.32. The maximum atomic E-state index is 14.0. The maximum Gasteiger partial charge on any atom is 0.407 e. The van der Waals surface area contributed by atoms with Crippen LogP contribution in [-0.2, 0) is 36.8 Å². The first kappa shape index (κ1) is 35.8. The molecule has 2 fully saturated rings. The van der Waals surface area contributed by atoms with Crippen LogP contribution in [0.1, 0.15) is 107 Å². The number of hydrogen-bond donors (Lipinski definition) is 3. The molecule has 3 N–H and O–H groups in total. The summed E-state index contributed by atoms with van der Waals surface area (Å²) in [6.45, 7) is 12.7. The van der Waals surface area contributed by atoms with E-state index in [1.165, 1.54) is 7.11 Å². The Hall–Kier alpha value is -3.97. The first-order chi connectivity index (χ1) is 24.0. The van der Waals surface area contributed by atoms with Gasteiger partial charge in [0.05, 0.1) is 48.6 Å². The van der Waals surface area contributed by atoms with Gasteiger partial charge in [0.25, 0.3) is 0 Å². The lowest BCUT2D eigenvalue weighted by Gasteiger charge is -2.29. The standard InChI is InChI=1S/C37H53N7O6/c1-21(2)23(5)35(45)43-13-9-10-30(43)33-38-26-12-11-24(16-27(26)39-33)17-28-29-20-49-14-7-8-15-50-25-18-31(34(40-28)41-29)44(19-25)36(46)32(22(3)4)42-37(47)48-6/h11-12,16,21-23,25,30-32H,7-10,13-15,17-20H2,1-6H3,(H,38,39)(H,40,41)(H,42,47)/t23-,25-,30-,31-,32-/m0/s1. The van der Waals surface area contributed by atoms with E-state index in [2.05, 4.69) is 47.3 Å². The van der Waals surface area contributed by atoms with Gasteiger partial charge in [-0.1, -0.05) is 40.7 Å². The molecule has 1 aromatic carbocycles. The molecule has 13 nitrogen and oxygen atoms in total. The Morgan fingerprint density at radius 2 is 1.74 bits per heavy atom. The van der Waals surface area contributed by atoms with E-state index in [-0.39, 0.29) is 47.8 Å². The molecule has 5 atom stereocenters. The zero-order chi connectivity index (χ0) is 35.5. The van der Waals surface area contributed by atoms with Crippen molar-refractivity contribution in [1.29, 1.82) is 0 Å². The minimum absolute atomic E-state index is 0.0344. The molecular formula is C37H53N7O6. The Bertz CT molecular complexity index is 1670. The highest BCUT2D eigenvalue weighted by Crippen LogP contribution is 2.36. The van der Waals surface area contributed by atoms with Crippen molar-refractivity contribution in [3.8, 4) is 0 Å². The van der Waals surface area contributed by atoms with Gasteiger partial charge in [-0.15, -0.1) is 0 Å². The maximum absolute atomic E-state index is 14.0. The number of benzene rings is 1. The number of fused-ring (bicyclic) bond motifs is 6. The average molecular weight is 692 g/mol. The topological polar surface area (TPSA) is 155 Å². The van der Waals surface area contributed by atoms with E-state index in [0.29, 0.717) is 45.0 Å². The van der Waals surface area contributed by atoms with Crippen molar-refractivity contribution in [1.82, 2.24) is 35.1 Å². The van der Waals surface area contributed by atoms with E-state index in [0.717, 1.165) is 66.0 Å². The van der Waals surface area contributed by atoms with Crippen molar-refractivity contribution in [3.63, 3.8) is 0 Å². The van der Waals surface area contributed by atoms with E-state index in [4.69, 9.17) is 24.2 Å². The molecule has 0 unspecified atom stereocenters. The number of methoxy groups -OCH3 is 1. The van der Waals surface area contributed by atoms with Gasteiger partial charge in [0.15, 0.2) is 0 Å². The lowest BCUT2D eigenvalue weighted by molar-refractivity contribution is -0.137. The zero-order valence-electron chi connectivity index (χ0n) is 30.3. The predicted octanol–water partition coefficient (Wildman–Crippen LogP) is 5.18. The van der Waals surface area contributed by atoms with Crippen molar-refractivity contribution in [2.24, 2.45) is 17.8 Å². The second kappa shape index (κ2) is 15.5. The summed E-state index contributed by atoms with van der Waals surface area (Å²) in [6.07, 6.45) is 3.97. The van der Waals surface area contributed by atoms with Crippen molar-refractivity contribution < 1.29 is 28.6 Å². The fourth-order valence-corrected chi connectivity index (χ4v) is 7.32. The summed E-state index contributed by atoms with van der Waals surface area (Å²) < 4.78 is 17.1. The van der Waals surface area contributed by atoms with E-state index >= 15 is 0 Å². The van der Waals surface area contributed by atoms with Gasteiger partial charge < -0.3 is 39.3 Å². The molecule has 3 aromatic rings. The van der Waals surface area contributed by atoms with Crippen molar-refractivity contribution in [2.45, 2.75) is 104 Å². The number of hydrogen-bond acceptors (Lipinski definition) is 8. The second-order valence-electron chi connectivity index (χ2n) is 14.8. The van der Waals surface area contributed by atoms with E-state index in [1.54, 1.807) is 4.90 Å². The molecule has 0 radical (unpaired) electrons. The molecule has 2 aromatic heterocycles. The van der Waals surface area contributed by atoms with Crippen LogP contribution in [0.25, 0.3) is 11.0 Å². The number of nitrogens with one attached hydrogen (secondary N) is 3. The van der Waals surface area contributed by atoms with Crippen molar-refractivity contribution in [3.05, 3.63) is 46.8 Å². The molecule has 2 saturated heterocycles. The van der Waals surface area contributed by atoms with Gasteiger partial charge in [-0.3, -0.25) is 9.59 Å². The average Bonchev–Trinajstić information content (AvgIpc) is 3.90. The molecule has 272 valence electrons. The van der Waals surface area contributed by atoms with Crippen LogP contribution in [0.5, 0.6) is 0 Å². The number of aromatic amines is 2. The molecular weight excluding hydrogens is 638 g/mol. The van der Waals surface area contributed by atoms with Gasteiger partial charge in [-0.05, 0) is 55.2 Å². The quantitative estimate of drug-likeness (QED) is 0.292. The van der Waals surface area contributed by atoms with E-state index < -0.39 is 12.1 Å². The van der Waals surface area contributed by atoms with Crippen LogP contribution in [0.3, 0.4) is 0 Å². The van der Waals surface area contributed by atoms with Gasteiger partial charge in [0.2, 0.25) is 11.8 Å². The molecule has 3 aliphatic heterocycles. The van der Waals surface area contributed by atoms with Gasteiger partial charge in [0, 0.05) is 50.8 Å². The second-order valence-corrected chi connectivity index (χ2v) is 14.8. The summed E-state index contributed by atoms with van der Waals surface area (Å²) in [7, 11) is 1.29. The normalized spacial score (nSPS) is 22.7. The molecule has 6 rings (SSSR count). The number of carbonyl (C=O) groups is 3. The van der Waals surface area contributed by atoms with Crippen LogP contribution in [0, 0.1) is 17.8 Å². The monoisotopic (exact) mass is 691 g/mol. The number of alkyl carbamates (subject to hydrolysis) is 1. The molecule has 50 heavy (non-hydrogen) atoms. The summed E-state index contributed by atoms with van der Waals surface area (Å²) in [4.78, 5) is 60.4. The summed E-state index contributed by atoms with van der Waals surface area (Å²) >= 11 is 0. The largest absolute Gasteiger partial charge is 0.453 e. The number of rotatable bonds is 8.